The van der Waals surface area contributed by atoms with Crippen molar-refractivity contribution in [1.82, 2.24) is 4.31 Å². The SMILES string of the molecule is COC(=O)COC(=O)c1cc(S(=O)(=O)N(C)C)ccc1N1CCCCC1. The van der Waals surface area contributed by atoms with Crippen LogP contribution in [0.1, 0.15) is 29.6 Å². The maximum Gasteiger partial charge on any atom is 0.344 e. The number of piperidine rings is 1. The molecular weight excluding hydrogens is 360 g/mol. The molecule has 26 heavy (non-hydrogen) atoms. The topological polar surface area (TPSA) is 93.2 Å². The van der Waals surface area contributed by atoms with E-state index in [9.17, 15) is 18.0 Å². The molecule has 8 nitrogen and oxygen atoms in total. The Hall–Kier alpha value is -2.13. The van der Waals surface area contributed by atoms with Gasteiger partial charge in [-0.1, -0.05) is 0 Å². The first-order chi connectivity index (χ1) is 12.3. The Kier molecular flexibility index (Phi) is 6.60. The number of carbonyl (C=O) groups excluding carboxylic acids is 2. The lowest BCUT2D eigenvalue weighted by Gasteiger charge is -2.30. The molecular formula is C17H24N2O6S. The smallest absolute Gasteiger partial charge is 0.344 e. The van der Waals surface area contributed by atoms with E-state index in [1.54, 1.807) is 6.07 Å². The van der Waals surface area contributed by atoms with Crippen LogP contribution >= 0.6 is 0 Å². The average molecular weight is 384 g/mol. The van der Waals surface area contributed by atoms with Gasteiger partial charge in [-0.15, -0.1) is 0 Å². The summed E-state index contributed by atoms with van der Waals surface area (Å²) in [5, 5.41) is 0. The first-order valence-corrected chi connectivity index (χ1v) is 9.77. The minimum atomic E-state index is -3.70. The van der Waals surface area contributed by atoms with Gasteiger partial charge in [0.25, 0.3) is 0 Å². The van der Waals surface area contributed by atoms with E-state index in [-0.39, 0.29) is 10.5 Å². The zero-order chi connectivity index (χ0) is 19.3. The molecule has 0 amide bonds. The Bertz CT molecular complexity index is 769. The Morgan fingerprint density at radius 2 is 1.81 bits per heavy atom. The summed E-state index contributed by atoms with van der Waals surface area (Å²) in [6.07, 6.45) is 3.11. The highest BCUT2D eigenvalue weighted by Gasteiger charge is 2.25. The Balaban J connectivity index is 2.41. The van der Waals surface area contributed by atoms with Crippen LogP contribution in [0.25, 0.3) is 0 Å². The van der Waals surface area contributed by atoms with Crippen molar-refractivity contribution in [3.63, 3.8) is 0 Å². The highest BCUT2D eigenvalue weighted by molar-refractivity contribution is 7.89. The highest BCUT2D eigenvalue weighted by atomic mass is 32.2. The quantitative estimate of drug-likeness (QED) is 0.682. The van der Waals surface area contributed by atoms with Crippen molar-refractivity contribution >= 4 is 27.6 Å². The van der Waals surface area contributed by atoms with Gasteiger partial charge in [0.1, 0.15) is 0 Å². The second-order valence-electron chi connectivity index (χ2n) is 6.17. The maximum atomic E-state index is 12.5. The standard InChI is InChI=1S/C17H24N2O6S/c1-18(2)26(22,23)13-7-8-15(19-9-5-4-6-10-19)14(11-13)17(21)25-12-16(20)24-3/h7-8,11H,4-6,9-10,12H2,1-3H3. The maximum absolute atomic E-state index is 12.5. The van der Waals surface area contributed by atoms with Gasteiger partial charge in [-0.2, -0.15) is 0 Å². The normalized spacial score (nSPS) is 15.0. The molecule has 9 heteroatoms. The molecule has 1 saturated heterocycles. The summed E-state index contributed by atoms with van der Waals surface area (Å²) in [7, 11) is 0.333. The predicted molar refractivity (Wildman–Crippen MR) is 95.7 cm³/mol. The zero-order valence-corrected chi connectivity index (χ0v) is 16.0. The number of hydrogen-bond acceptors (Lipinski definition) is 7. The van der Waals surface area contributed by atoms with Crippen LogP contribution in [0.3, 0.4) is 0 Å². The van der Waals surface area contributed by atoms with Crippen molar-refractivity contribution in [1.29, 1.82) is 0 Å². The number of hydrogen-bond donors (Lipinski definition) is 0. The largest absolute Gasteiger partial charge is 0.466 e. The van der Waals surface area contributed by atoms with Crippen molar-refractivity contribution in [2.75, 3.05) is 45.8 Å². The van der Waals surface area contributed by atoms with E-state index in [4.69, 9.17) is 4.74 Å². The van der Waals surface area contributed by atoms with Crippen LogP contribution in [0, 0.1) is 0 Å². The fourth-order valence-corrected chi connectivity index (χ4v) is 3.65. The lowest BCUT2D eigenvalue weighted by molar-refractivity contribution is -0.144. The molecule has 0 radical (unpaired) electrons. The molecule has 0 aromatic heterocycles. The average Bonchev–Trinajstić information content (AvgIpc) is 2.65. The Morgan fingerprint density at radius 3 is 2.38 bits per heavy atom. The first kappa shape index (κ1) is 20.2. The third kappa shape index (κ3) is 4.53. The number of methoxy groups -OCH3 is 1. The van der Waals surface area contributed by atoms with Gasteiger partial charge in [0, 0.05) is 27.2 Å². The Morgan fingerprint density at radius 1 is 1.15 bits per heavy atom. The number of carbonyl (C=O) groups is 2. The molecule has 0 N–H and O–H groups in total. The lowest BCUT2D eigenvalue weighted by Crippen LogP contribution is -2.31. The number of benzene rings is 1. The van der Waals surface area contributed by atoms with E-state index in [0.717, 1.165) is 36.7 Å². The van der Waals surface area contributed by atoms with Crippen molar-refractivity contribution in [3.05, 3.63) is 23.8 Å². The molecule has 1 heterocycles. The van der Waals surface area contributed by atoms with Crippen molar-refractivity contribution in [2.45, 2.75) is 24.2 Å². The summed E-state index contributed by atoms with van der Waals surface area (Å²) < 4.78 is 35.3. The number of nitrogens with zero attached hydrogens (tertiary/aromatic N) is 2. The van der Waals surface area contributed by atoms with Crippen LogP contribution in [0.2, 0.25) is 0 Å². The van der Waals surface area contributed by atoms with Gasteiger partial charge in [-0.3, -0.25) is 0 Å². The number of sulfonamides is 1. The third-order valence-electron chi connectivity index (χ3n) is 4.21. The summed E-state index contributed by atoms with van der Waals surface area (Å²) in [4.78, 5) is 25.8. The first-order valence-electron chi connectivity index (χ1n) is 8.33. The summed E-state index contributed by atoms with van der Waals surface area (Å²) in [6.45, 7) is 1.02. The van der Waals surface area contributed by atoms with Crippen molar-refractivity contribution < 1.29 is 27.5 Å². The van der Waals surface area contributed by atoms with Gasteiger partial charge in [0.2, 0.25) is 10.0 Å². The van der Waals surface area contributed by atoms with Crippen molar-refractivity contribution in [3.8, 4) is 0 Å². The van der Waals surface area contributed by atoms with Gasteiger partial charge >= 0.3 is 11.9 Å². The van der Waals surface area contributed by atoms with Crippen LogP contribution in [0.4, 0.5) is 5.69 Å². The molecule has 1 aliphatic heterocycles. The van der Waals surface area contributed by atoms with E-state index in [0.29, 0.717) is 5.69 Å². The minimum Gasteiger partial charge on any atom is -0.466 e. The fourth-order valence-electron chi connectivity index (χ4n) is 2.72. The van der Waals surface area contributed by atoms with Gasteiger partial charge in [-0.05, 0) is 37.5 Å². The second kappa shape index (κ2) is 8.50. The number of ether oxygens (including phenoxy) is 2. The van der Waals surface area contributed by atoms with Crippen LogP contribution in [0.15, 0.2) is 23.1 Å². The monoisotopic (exact) mass is 384 g/mol. The molecule has 1 aromatic carbocycles. The van der Waals surface area contributed by atoms with Gasteiger partial charge in [-0.25, -0.2) is 22.3 Å². The van der Waals surface area contributed by atoms with E-state index >= 15 is 0 Å². The summed E-state index contributed by atoms with van der Waals surface area (Å²) in [6, 6.07) is 4.41. The van der Waals surface area contributed by atoms with E-state index in [1.807, 2.05) is 4.90 Å². The van der Waals surface area contributed by atoms with Gasteiger partial charge in [0.15, 0.2) is 6.61 Å². The molecule has 1 aliphatic rings. The fraction of sp³-hybridized carbons (Fsp3) is 0.529. The van der Waals surface area contributed by atoms with E-state index < -0.39 is 28.6 Å². The summed E-state index contributed by atoms with van der Waals surface area (Å²) in [5.41, 5.74) is 0.732. The van der Waals surface area contributed by atoms with Gasteiger partial charge in [0.05, 0.1) is 23.3 Å². The molecule has 144 valence electrons. The molecule has 0 bridgehead atoms. The molecule has 0 saturated carbocycles. The van der Waals surface area contributed by atoms with Crippen LogP contribution in [0.5, 0.6) is 0 Å². The summed E-state index contributed by atoms with van der Waals surface area (Å²) in [5.74, 6) is -1.44. The van der Waals surface area contributed by atoms with Gasteiger partial charge < -0.3 is 14.4 Å². The number of esters is 2. The molecule has 0 aliphatic carbocycles. The van der Waals surface area contributed by atoms with E-state index in [2.05, 4.69) is 4.74 Å². The molecule has 1 fully saturated rings. The minimum absolute atomic E-state index is 0.00622. The van der Waals surface area contributed by atoms with Crippen molar-refractivity contribution in [2.24, 2.45) is 0 Å². The molecule has 0 unspecified atom stereocenters. The highest BCUT2D eigenvalue weighted by Crippen LogP contribution is 2.28. The second-order valence-corrected chi connectivity index (χ2v) is 8.32. The molecule has 2 rings (SSSR count). The molecule has 0 spiro atoms. The lowest BCUT2D eigenvalue weighted by atomic mass is 10.1. The third-order valence-corrected chi connectivity index (χ3v) is 6.02. The zero-order valence-electron chi connectivity index (χ0n) is 15.2. The number of rotatable bonds is 6. The Labute approximate surface area is 153 Å². The predicted octanol–water partition coefficient (Wildman–Crippen LogP) is 1.26. The van der Waals surface area contributed by atoms with Crippen LogP contribution in [-0.4, -0.2) is 65.6 Å². The van der Waals surface area contributed by atoms with E-state index in [1.165, 1.54) is 33.3 Å². The van der Waals surface area contributed by atoms with Crippen LogP contribution in [-0.2, 0) is 24.3 Å². The van der Waals surface area contributed by atoms with Crippen LogP contribution < -0.4 is 4.90 Å². The molecule has 1 aromatic rings. The summed E-state index contributed by atoms with van der Waals surface area (Å²) >= 11 is 0. The molecule has 0 atom stereocenters. The number of anilines is 1.